The van der Waals surface area contributed by atoms with Crippen LogP contribution in [0.25, 0.3) is 0 Å². The van der Waals surface area contributed by atoms with Crippen LogP contribution in [-0.2, 0) is 10.0 Å². The molecule has 2 rings (SSSR count). The predicted molar refractivity (Wildman–Crippen MR) is 65.7 cm³/mol. The fourth-order valence-electron chi connectivity index (χ4n) is 1.86. The monoisotopic (exact) mass is 270 g/mol. The molecule has 0 saturated heterocycles. The number of benzene rings is 1. The van der Waals surface area contributed by atoms with Gasteiger partial charge in [0.05, 0.1) is 9.82 Å². The molecule has 0 unspecified atom stereocenters. The van der Waals surface area contributed by atoms with Gasteiger partial charge in [0.1, 0.15) is 0 Å². The van der Waals surface area contributed by atoms with Gasteiger partial charge in [-0.15, -0.1) is 0 Å². The summed E-state index contributed by atoms with van der Waals surface area (Å²) in [5, 5.41) is 10.5. The SMILES string of the molecule is CCN(C1CC1)S(=O)(=O)c1ccc([N+](=O)[O-])cc1. The van der Waals surface area contributed by atoms with Crippen molar-refractivity contribution in [3.05, 3.63) is 34.4 Å². The Labute approximate surface area is 105 Å². The molecule has 0 aromatic heterocycles. The molecule has 1 saturated carbocycles. The van der Waals surface area contributed by atoms with Crippen LogP contribution in [0.4, 0.5) is 5.69 Å². The lowest BCUT2D eigenvalue weighted by Gasteiger charge is -2.19. The smallest absolute Gasteiger partial charge is 0.258 e. The van der Waals surface area contributed by atoms with Crippen LogP contribution in [0.2, 0.25) is 0 Å². The third kappa shape index (κ3) is 2.37. The standard InChI is InChI=1S/C11H14N2O4S/c1-2-12(9-3-4-9)18(16,17)11-7-5-10(6-8-11)13(14)15/h5-9H,2-4H2,1H3. The fraction of sp³-hybridized carbons (Fsp3) is 0.455. The molecule has 18 heavy (non-hydrogen) atoms. The Morgan fingerprint density at radius 3 is 2.28 bits per heavy atom. The van der Waals surface area contributed by atoms with Gasteiger partial charge in [-0.25, -0.2) is 8.42 Å². The van der Waals surface area contributed by atoms with E-state index in [1.807, 2.05) is 0 Å². The fourth-order valence-corrected chi connectivity index (χ4v) is 3.56. The summed E-state index contributed by atoms with van der Waals surface area (Å²) in [4.78, 5) is 10.1. The van der Waals surface area contributed by atoms with E-state index < -0.39 is 14.9 Å². The van der Waals surface area contributed by atoms with E-state index in [4.69, 9.17) is 0 Å². The molecule has 0 N–H and O–H groups in total. The maximum absolute atomic E-state index is 12.3. The summed E-state index contributed by atoms with van der Waals surface area (Å²) < 4.78 is 26.0. The van der Waals surface area contributed by atoms with E-state index in [1.54, 1.807) is 6.92 Å². The lowest BCUT2D eigenvalue weighted by atomic mass is 10.3. The van der Waals surface area contributed by atoms with E-state index in [-0.39, 0.29) is 16.6 Å². The molecule has 1 aliphatic carbocycles. The van der Waals surface area contributed by atoms with Gasteiger partial charge in [0.2, 0.25) is 10.0 Å². The second kappa shape index (κ2) is 4.66. The molecule has 0 amide bonds. The molecule has 0 atom stereocenters. The molecule has 1 fully saturated rings. The number of nitrogens with zero attached hydrogens (tertiary/aromatic N) is 2. The molecule has 7 heteroatoms. The Morgan fingerprint density at radius 2 is 1.89 bits per heavy atom. The van der Waals surface area contributed by atoms with Gasteiger partial charge in [-0.1, -0.05) is 6.92 Å². The Bertz CT molecular complexity index is 549. The minimum Gasteiger partial charge on any atom is -0.258 e. The zero-order valence-electron chi connectivity index (χ0n) is 9.94. The molecule has 1 aliphatic rings. The van der Waals surface area contributed by atoms with Gasteiger partial charge in [-0.05, 0) is 25.0 Å². The maximum Gasteiger partial charge on any atom is 0.269 e. The van der Waals surface area contributed by atoms with Gasteiger partial charge in [-0.2, -0.15) is 4.31 Å². The first kappa shape index (κ1) is 13.0. The Kier molecular flexibility index (Phi) is 3.36. The van der Waals surface area contributed by atoms with Crippen LogP contribution in [0.1, 0.15) is 19.8 Å². The third-order valence-corrected chi connectivity index (χ3v) is 4.96. The van der Waals surface area contributed by atoms with Crippen molar-refractivity contribution in [1.82, 2.24) is 4.31 Å². The zero-order chi connectivity index (χ0) is 13.3. The van der Waals surface area contributed by atoms with E-state index in [9.17, 15) is 18.5 Å². The van der Waals surface area contributed by atoms with E-state index in [2.05, 4.69) is 0 Å². The van der Waals surface area contributed by atoms with Crippen molar-refractivity contribution in [3.63, 3.8) is 0 Å². The molecule has 98 valence electrons. The topological polar surface area (TPSA) is 80.5 Å². The van der Waals surface area contributed by atoms with Crippen molar-refractivity contribution < 1.29 is 13.3 Å². The van der Waals surface area contributed by atoms with Crippen molar-refractivity contribution >= 4 is 15.7 Å². The number of nitro groups is 1. The normalized spacial score (nSPS) is 15.9. The number of non-ortho nitro benzene ring substituents is 1. The summed E-state index contributed by atoms with van der Waals surface area (Å²) >= 11 is 0. The molecular weight excluding hydrogens is 256 g/mol. The number of hydrogen-bond acceptors (Lipinski definition) is 4. The largest absolute Gasteiger partial charge is 0.269 e. The highest BCUT2D eigenvalue weighted by Gasteiger charge is 2.36. The molecule has 1 aromatic rings. The maximum atomic E-state index is 12.3. The second-order valence-corrected chi connectivity index (χ2v) is 6.08. The summed E-state index contributed by atoms with van der Waals surface area (Å²) in [5.74, 6) is 0. The summed E-state index contributed by atoms with van der Waals surface area (Å²) in [6.07, 6.45) is 1.78. The van der Waals surface area contributed by atoms with Crippen molar-refractivity contribution in [2.75, 3.05) is 6.54 Å². The van der Waals surface area contributed by atoms with Gasteiger partial charge >= 0.3 is 0 Å². The lowest BCUT2D eigenvalue weighted by Crippen LogP contribution is -2.32. The number of hydrogen-bond donors (Lipinski definition) is 0. The van der Waals surface area contributed by atoms with Crippen LogP contribution >= 0.6 is 0 Å². The second-order valence-electron chi connectivity index (χ2n) is 4.19. The van der Waals surface area contributed by atoms with Gasteiger partial charge in [0.25, 0.3) is 5.69 Å². The van der Waals surface area contributed by atoms with Crippen molar-refractivity contribution in [2.24, 2.45) is 0 Å². The Morgan fingerprint density at radius 1 is 1.33 bits per heavy atom. The van der Waals surface area contributed by atoms with Crippen LogP contribution in [0, 0.1) is 10.1 Å². The Hall–Kier alpha value is -1.47. The number of nitro benzene ring substituents is 1. The van der Waals surface area contributed by atoms with E-state index in [1.165, 1.54) is 28.6 Å². The minimum absolute atomic E-state index is 0.0928. The summed E-state index contributed by atoms with van der Waals surface area (Å²) in [7, 11) is -3.52. The molecule has 1 aromatic carbocycles. The average Bonchev–Trinajstić information content (AvgIpc) is 3.14. The highest BCUT2D eigenvalue weighted by Crippen LogP contribution is 2.32. The van der Waals surface area contributed by atoms with Crippen LogP contribution in [0.15, 0.2) is 29.2 Å². The number of rotatable bonds is 5. The Balaban J connectivity index is 2.31. The van der Waals surface area contributed by atoms with E-state index in [0.717, 1.165) is 12.8 Å². The van der Waals surface area contributed by atoms with Gasteiger partial charge in [0, 0.05) is 24.7 Å². The highest BCUT2D eigenvalue weighted by molar-refractivity contribution is 7.89. The zero-order valence-corrected chi connectivity index (χ0v) is 10.8. The molecule has 0 bridgehead atoms. The molecule has 0 radical (unpaired) electrons. The van der Waals surface area contributed by atoms with Crippen LogP contribution in [0.3, 0.4) is 0 Å². The van der Waals surface area contributed by atoms with E-state index in [0.29, 0.717) is 6.54 Å². The molecule has 6 nitrogen and oxygen atoms in total. The summed E-state index contributed by atoms with van der Waals surface area (Å²) in [5.41, 5.74) is -0.108. The predicted octanol–water partition coefficient (Wildman–Crippen LogP) is 1.77. The first-order chi connectivity index (χ1) is 8.46. The summed E-state index contributed by atoms with van der Waals surface area (Å²) in [6.45, 7) is 2.21. The van der Waals surface area contributed by atoms with E-state index >= 15 is 0 Å². The minimum atomic E-state index is -3.52. The quantitative estimate of drug-likeness (QED) is 0.603. The molecule has 0 spiro atoms. The van der Waals surface area contributed by atoms with Gasteiger partial charge < -0.3 is 0 Å². The van der Waals surface area contributed by atoms with Crippen molar-refractivity contribution in [1.29, 1.82) is 0 Å². The molecule has 0 heterocycles. The highest BCUT2D eigenvalue weighted by atomic mass is 32.2. The number of sulfonamides is 1. The first-order valence-electron chi connectivity index (χ1n) is 5.73. The lowest BCUT2D eigenvalue weighted by molar-refractivity contribution is -0.384. The van der Waals surface area contributed by atoms with Crippen LogP contribution in [-0.4, -0.2) is 30.2 Å². The first-order valence-corrected chi connectivity index (χ1v) is 7.17. The third-order valence-electron chi connectivity index (χ3n) is 2.92. The van der Waals surface area contributed by atoms with Gasteiger partial charge in [0.15, 0.2) is 0 Å². The molecule has 0 aliphatic heterocycles. The van der Waals surface area contributed by atoms with Crippen LogP contribution in [0.5, 0.6) is 0 Å². The van der Waals surface area contributed by atoms with Crippen LogP contribution < -0.4 is 0 Å². The van der Waals surface area contributed by atoms with Crippen molar-refractivity contribution in [2.45, 2.75) is 30.7 Å². The molecular formula is C11H14N2O4S. The van der Waals surface area contributed by atoms with Gasteiger partial charge in [-0.3, -0.25) is 10.1 Å². The average molecular weight is 270 g/mol. The summed E-state index contributed by atoms with van der Waals surface area (Å²) in [6, 6.07) is 5.10. The van der Waals surface area contributed by atoms with Crippen molar-refractivity contribution in [3.8, 4) is 0 Å².